The van der Waals surface area contributed by atoms with Crippen molar-refractivity contribution in [3.05, 3.63) is 22.8 Å². The summed E-state index contributed by atoms with van der Waals surface area (Å²) in [5, 5.41) is 3.00. The van der Waals surface area contributed by atoms with Gasteiger partial charge in [-0.05, 0) is 30.9 Å². The van der Waals surface area contributed by atoms with E-state index in [9.17, 15) is 8.42 Å². The molecule has 0 bridgehead atoms. The van der Waals surface area contributed by atoms with E-state index in [4.69, 9.17) is 0 Å². The molecule has 1 aromatic rings. The summed E-state index contributed by atoms with van der Waals surface area (Å²) in [5.74, 6) is 1.27. The van der Waals surface area contributed by atoms with Crippen LogP contribution in [0.3, 0.4) is 0 Å². The number of hydrogen-bond donors (Lipinski definition) is 2. The number of aromatic nitrogens is 1. The molecule has 0 spiro atoms. The second-order valence-electron chi connectivity index (χ2n) is 4.75. The van der Waals surface area contributed by atoms with Crippen LogP contribution in [0.2, 0.25) is 0 Å². The first-order valence-corrected chi connectivity index (χ1v) is 8.82. The van der Waals surface area contributed by atoms with Crippen LogP contribution in [0.5, 0.6) is 0 Å². The Morgan fingerprint density at radius 2 is 2.21 bits per heavy atom. The summed E-state index contributed by atoms with van der Waals surface area (Å²) in [6, 6.07) is 3.64. The van der Waals surface area contributed by atoms with Gasteiger partial charge in [0.1, 0.15) is 5.82 Å². The van der Waals surface area contributed by atoms with Gasteiger partial charge in [-0.3, -0.25) is 0 Å². The Hall–Kier alpha value is -0.660. The van der Waals surface area contributed by atoms with Crippen molar-refractivity contribution in [2.45, 2.75) is 19.3 Å². The molecule has 0 aromatic carbocycles. The lowest BCUT2D eigenvalue weighted by Crippen LogP contribution is -2.35. The van der Waals surface area contributed by atoms with Gasteiger partial charge in [0, 0.05) is 23.8 Å². The summed E-state index contributed by atoms with van der Waals surface area (Å²) < 4.78 is 27.1. The van der Waals surface area contributed by atoms with Gasteiger partial charge in [-0.15, -0.1) is 0 Å². The van der Waals surface area contributed by atoms with Crippen LogP contribution in [0, 0.1) is 5.92 Å². The van der Waals surface area contributed by atoms with Gasteiger partial charge in [0.05, 0.1) is 5.75 Å². The smallest absolute Gasteiger partial charge is 0.213 e. The van der Waals surface area contributed by atoms with E-state index < -0.39 is 10.0 Å². The van der Waals surface area contributed by atoms with Gasteiger partial charge < -0.3 is 5.32 Å². The molecule has 5 nitrogen and oxygen atoms in total. The van der Waals surface area contributed by atoms with E-state index >= 15 is 0 Å². The van der Waals surface area contributed by atoms with Crippen molar-refractivity contribution in [1.29, 1.82) is 0 Å². The Labute approximate surface area is 122 Å². The van der Waals surface area contributed by atoms with Crippen molar-refractivity contribution < 1.29 is 8.42 Å². The fourth-order valence-corrected chi connectivity index (χ4v) is 3.17. The Morgan fingerprint density at radius 3 is 2.84 bits per heavy atom. The molecule has 106 valence electrons. The van der Waals surface area contributed by atoms with Crippen LogP contribution in [0.1, 0.15) is 19.3 Å². The van der Waals surface area contributed by atoms with Gasteiger partial charge in [-0.25, -0.2) is 18.1 Å². The predicted molar refractivity (Wildman–Crippen MR) is 79.6 cm³/mol. The fourth-order valence-electron chi connectivity index (χ4n) is 1.83. The molecule has 0 saturated heterocycles. The first-order valence-electron chi connectivity index (χ1n) is 6.38. The van der Waals surface area contributed by atoms with Crippen molar-refractivity contribution in [3.63, 3.8) is 0 Å². The van der Waals surface area contributed by atoms with Gasteiger partial charge in [-0.1, -0.05) is 22.4 Å². The third-order valence-corrected chi connectivity index (χ3v) is 5.06. The van der Waals surface area contributed by atoms with Gasteiger partial charge in [0.25, 0.3) is 0 Å². The number of rotatable bonds is 7. The van der Waals surface area contributed by atoms with Crippen molar-refractivity contribution in [2.24, 2.45) is 5.92 Å². The van der Waals surface area contributed by atoms with Crippen LogP contribution < -0.4 is 10.0 Å². The van der Waals surface area contributed by atoms with Crippen LogP contribution in [0.15, 0.2) is 22.8 Å². The normalized spacial score (nSPS) is 16.1. The van der Waals surface area contributed by atoms with E-state index in [0.717, 1.165) is 17.3 Å². The number of hydrogen-bond acceptors (Lipinski definition) is 4. The number of pyridine rings is 1. The zero-order valence-corrected chi connectivity index (χ0v) is 13.0. The summed E-state index contributed by atoms with van der Waals surface area (Å²) in [7, 11) is -3.19. The van der Waals surface area contributed by atoms with Gasteiger partial charge in [0.15, 0.2) is 0 Å². The summed E-state index contributed by atoms with van der Waals surface area (Å²) in [6.45, 7) is 0.931. The molecule has 0 aliphatic heterocycles. The zero-order chi connectivity index (χ0) is 13.7. The average Bonchev–Trinajstić information content (AvgIpc) is 2.26. The molecule has 1 aromatic heterocycles. The standard InChI is InChI=1S/C12H18BrN3O2S/c13-11-4-5-14-12(8-11)15-6-7-19(17,18)16-9-10-2-1-3-10/h4-5,8,10,16H,1-3,6-7,9H2,(H,14,15). The molecule has 19 heavy (non-hydrogen) atoms. The lowest BCUT2D eigenvalue weighted by molar-refractivity contribution is 0.316. The number of anilines is 1. The molecule has 0 atom stereocenters. The largest absolute Gasteiger partial charge is 0.369 e. The highest BCUT2D eigenvalue weighted by Crippen LogP contribution is 2.25. The third-order valence-electron chi connectivity index (χ3n) is 3.22. The topological polar surface area (TPSA) is 71.1 Å². The highest BCUT2D eigenvalue weighted by molar-refractivity contribution is 9.10. The second-order valence-corrected chi connectivity index (χ2v) is 7.59. The number of halogens is 1. The molecule has 1 heterocycles. The quantitative estimate of drug-likeness (QED) is 0.790. The number of nitrogens with one attached hydrogen (secondary N) is 2. The highest BCUT2D eigenvalue weighted by atomic mass is 79.9. The predicted octanol–water partition coefficient (Wildman–Crippen LogP) is 1.98. The monoisotopic (exact) mass is 347 g/mol. The summed E-state index contributed by atoms with van der Waals surface area (Å²) >= 11 is 3.34. The molecule has 0 amide bonds. The minimum atomic E-state index is -3.19. The zero-order valence-electron chi connectivity index (χ0n) is 10.6. The third kappa shape index (κ3) is 5.08. The first-order chi connectivity index (χ1) is 9.05. The molecular formula is C12H18BrN3O2S. The van der Waals surface area contributed by atoms with Gasteiger partial charge in [-0.2, -0.15) is 0 Å². The molecule has 1 saturated carbocycles. The van der Waals surface area contributed by atoms with Crippen LogP contribution in [0.25, 0.3) is 0 Å². The van der Waals surface area contributed by atoms with Crippen LogP contribution in [0.4, 0.5) is 5.82 Å². The maximum atomic E-state index is 11.8. The highest BCUT2D eigenvalue weighted by Gasteiger charge is 2.19. The molecule has 0 unspecified atom stereocenters. The van der Waals surface area contributed by atoms with Crippen molar-refractivity contribution in [2.75, 3.05) is 24.2 Å². The number of sulfonamides is 1. The van der Waals surface area contributed by atoms with Crippen LogP contribution in [-0.4, -0.2) is 32.2 Å². The lowest BCUT2D eigenvalue weighted by Gasteiger charge is -2.25. The molecule has 2 rings (SSSR count). The lowest BCUT2D eigenvalue weighted by atomic mass is 9.86. The van der Waals surface area contributed by atoms with E-state index in [0.29, 0.717) is 24.8 Å². The Balaban J connectivity index is 1.71. The van der Waals surface area contributed by atoms with Crippen molar-refractivity contribution >= 4 is 31.8 Å². The van der Waals surface area contributed by atoms with E-state index in [1.54, 1.807) is 6.20 Å². The van der Waals surface area contributed by atoms with Crippen molar-refractivity contribution in [1.82, 2.24) is 9.71 Å². The summed E-state index contributed by atoms with van der Waals surface area (Å²) in [4.78, 5) is 4.10. The molecule has 1 fully saturated rings. The molecule has 7 heteroatoms. The fraction of sp³-hybridized carbons (Fsp3) is 0.583. The second kappa shape index (κ2) is 6.67. The van der Waals surface area contributed by atoms with E-state index in [2.05, 4.69) is 31.0 Å². The maximum Gasteiger partial charge on any atom is 0.213 e. The molecule has 0 radical (unpaired) electrons. The molecule has 1 aliphatic carbocycles. The Kier molecular flexibility index (Phi) is 5.18. The minimum Gasteiger partial charge on any atom is -0.369 e. The number of nitrogens with zero attached hydrogens (tertiary/aromatic N) is 1. The molecule has 2 N–H and O–H groups in total. The minimum absolute atomic E-state index is 0.0634. The first kappa shape index (κ1) is 14.7. The van der Waals surface area contributed by atoms with E-state index in [-0.39, 0.29) is 5.75 Å². The molecule has 1 aliphatic rings. The summed E-state index contributed by atoms with van der Waals surface area (Å²) in [6.07, 6.45) is 5.17. The van der Waals surface area contributed by atoms with Crippen LogP contribution >= 0.6 is 15.9 Å². The van der Waals surface area contributed by atoms with Gasteiger partial charge >= 0.3 is 0 Å². The average molecular weight is 348 g/mol. The van der Waals surface area contributed by atoms with Crippen LogP contribution in [-0.2, 0) is 10.0 Å². The van der Waals surface area contributed by atoms with Gasteiger partial charge in [0.2, 0.25) is 10.0 Å². The Morgan fingerprint density at radius 1 is 1.42 bits per heavy atom. The molecular weight excluding hydrogens is 330 g/mol. The SMILES string of the molecule is O=S(=O)(CCNc1cc(Br)ccn1)NCC1CCC1. The van der Waals surface area contributed by atoms with Crippen molar-refractivity contribution in [3.8, 4) is 0 Å². The van der Waals surface area contributed by atoms with E-state index in [1.807, 2.05) is 12.1 Å². The Bertz CT molecular complexity index is 517. The van der Waals surface area contributed by atoms with E-state index in [1.165, 1.54) is 6.42 Å². The maximum absolute atomic E-state index is 11.8. The summed E-state index contributed by atoms with van der Waals surface area (Å²) in [5.41, 5.74) is 0.